The van der Waals surface area contributed by atoms with Crippen molar-refractivity contribution < 1.29 is 4.79 Å². The van der Waals surface area contributed by atoms with Crippen molar-refractivity contribution in [3.63, 3.8) is 0 Å². The highest BCUT2D eigenvalue weighted by atomic mass is 32.1. The Morgan fingerprint density at radius 3 is 2.44 bits per heavy atom. The minimum Gasteiger partial charge on any atom is -0.356 e. The van der Waals surface area contributed by atoms with Gasteiger partial charge in [0.2, 0.25) is 5.91 Å². The van der Waals surface area contributed by atoms with Gasteiger partial charge in [0.1, 0.15) is 16.5 Å². The lowest BCUT2D eigenvalue weighted by Gasteiger charge is -2.33. The smallest absolute Gasteiger partial charge is 0.223 e. The molecule has 0 spiro atoms. The predicted octanol–water partition coefficient (Wildman–Crippen LogP) is 5.61. The Balaban J connectivity index is 1.42. The molecule has 2 aromatic heterocycles. The molecule has 3 heterocycles. The molecule has 1 amide bonds. The summed E-state index contributed by atoms with van der Waals surface area (Å²) in [6.07, 6.45) is 4.12. The zero-order valence-electron chi connectivity index (χ0n) is 19.2. The lowest BCUT2D eigenvalue weighted by Crippen LogP contribution is -2.44. The number of carbonyl (C=O) groups excluding carboxylic acids is 1. The molecule has 1 aliphatic carbocycles. The number of aromatic nitrogens is 2. The van der Waals surface area contributed by atoms with Crippen LogP contribution in [0.15, 0.2) is 35.7 Å². The van der Waals surface area contributed by atoms with Crippen LogP contribution in [0.3, 0.4) is 0 Å². The van der Waals surface area contributed by atoms with E-state index in [9.17, 15) is 4.79 Å². The summed E-state index contributed by atoms with van der Waals surface area (Å²) in [7, 11) is 0. The van der Waals surface area contributed by atoms with E-state index < -0.39 is 0 Å². The maximum absolute atomic E-state index is 12.8. The monoisotopic (exact) mass is 448 g/mol. The zero-order chi connectivity index (χ0) is 22.2. The molecule has 1 atom stereocenters. The Labute approximate surface area is 194 Å². The van der Waals surface area contributed by atoms with Crippen molar-refractivity contribution in [1.82, 2.24) is 15.3 Å². The molecule has 2 fully saturated rings. The molecule has 5 rings (SSSR count). The van der Waals surface area contributed by atoms with Crippen LogP contribution in [-0.2, 0) is 4.79 Å². The van der Waals surface area contributed by atoms with Crippen LogP contribution in [0.2, 0.25) is 0 Å². The maximum Gasteiger partial charge on any atom is 0.223 e. The molecule has 0 bridgehead atoms. The number of thiophene rings is 1. The Morgan fingerprint density at radius 1 is 1.06 bits per heavy atom. The first-order valence-electron chi connectivity index (χ1n) is 11.9. The number of hydrogen-bond acceptors (Lipinski definition) is 5. The van der Waals surface area contributed by atoms with E-state index in [0.717, 1.165) is 42.4 Å². The highest BCUT2D eigenvalue weighted by Gasteiger charge is 2.32. The number of anilines is 1. The molecule has 168 valence electrons. The molecule has 2 aliphatic rings. The minimum absolute atomic E-state index is 0.0868. The van der Waals surface area contributed by atoms with E-state index in [1.807, 2.05) is 0 Å². The van der Waals surface area contributed by atoms with Gasteiger partial charge in [-0.3, -0.25) is 4.79 Å². The van der Waals surface area contributed by atoms with Crippen LogP contribution in [0.25, 0.3) is 21.3 Å². The van der Waals surface area contributed by atoms with Gasteiger partial charge in [-0.1, -0.05) is 44.2 Å². The quantitative estimate of drug-likeness (QED) is 0.532. The second-order valence-corrected chi connectivity index (χ2v) is 10.5. The average Bonchev–Trinajstić information content (AvgIpc) is 3.58. The molecule has 1 unspecified atom stereocenters. The molecular formula is C26H32N4OS. The zero-order valence-corrected chi connectivity index (χ0v) is 20.0. The van der Waals surface area contributed by atoms with E-state index in [1.54, 1.807) is 11.3 Å². The summed E-state index contributed by atoms with van der Waals surface area (Å²) in [4.78, 5) is 26.3. The molecule has 1 aromatic carbocycles. The number of fused-ring (bicyclic) bond motifs is 1. The summed E-state index contributed by atoms with van der Waals surface area (Å²) < 4.78 is 0. The van der Waals surface area contributed by atoms with Gasteiger partial charge in [0.25, 0.3) is 0 Å². The van der Waals surface area contributed by atoms with Gasteiger partial charge < -0.3 is 10.2 Å². The first-order valence-corrected chi connectivity index (χ1v) is 12.8. The van der Waals surface area contributed by atoms with Crippen LogP contribution >= 0.6 is 11.3 Å². The molecule has 5 nitrogen and oxygen atoms in total. The largest absolute Gasteiger partial charge is 0.356 e. The number of nitrogens with zero attached hydrogens (tertiary/aromatic N) is 3. The molecular weight excluding hydrogens is 416 g/mol. The van der Waals surface area contributed by atoms with Crippen LogP contribution in [-0.4, -0.2) is 35.0 Å². The van der Waals surface area contributed by atoms with E-state index in [0.29, 0.717) is 11.8 Å². The number of nitrogens with one attached hydrogen (secondary N) is 1. The van der Waals surface area contributed by atoms with Gasteiger partial charge in [0.05, 0.1) is 5.39 Å². The van der Waals surface area contributed by atoms with Gasteiger partial charge in [-0.05, 0) is 44.1 Å². The van der Waals surface area contributed by atoms with Crippen LogP contribution < -0.4 is 10.2 Å². The van der Waals surface area contributed by atoms with Crippen LogP contribution in [0.5, 0.6) is 0 Å². The average molecular weight is 449 g/mol. The van der Waals surface area contributed by atoms with E-state index in [2.05, 4.69) is 66.7 Å². The topological polar surface area (TPSA) is 58.1 Å². The maximum atomic E-state index is 12.8. The SMILES string of the molecule is CC(C)C(C)NC(=O)C1CCN(c2nc(C3CC3)nc3scc(-c4ccccc4)c23)CC1. The highest BCUT2D eigenvalue weighted by Crippen LogP contribution is 2.44. The summed E-state index contributed by atoms with van der Waals surface area (Å²) in [5.41, 5.74) is 2.42. The van der Waals surface area contributed by atoms with Crippen molar-refractivity contribution in [2.75, 3.05) is 18.0 Å². The molecule has 0 radical (unpaired) electrons. The summed E-state index contributed by atoms with van der Waals surface area (Å²) in [6, 6.07) is 10.7. The number of benzene rings is 1. The van der Waals surface area contributed by atoms with Crippen molar-refractivity contribution in [2.24, 2.45) is 11.8 Å². The van der Waals surface area contributed by atoms with Crippen LogP contribution in [0.4, 0.5) is 5.82 Å². The van der Waals surface area contributed by atoms with E-state index in [1.165, 1.54) is 29.4 Å². The van der Waals surface area contributed by atoms with Crippen LogP contribution in [0.1, 0.15) is 58.2 Å². The highest BCUT2D eigenvalue weighted by molar-refractivity contribution is 7.17. The third-order valence-corrected chi connectivity index (χ3v) is 7.87. The van der Waals surface area contributed by atoms with Gasteiger partial charge in [0.15, 0.2) is 0 Å². The first kappa shape index (κ1) is 21.4. The summed E-state index contributed by atoms with van der Waals surface area (Å²) in [6.45, 7) is 8.10. The number of carbonyl (C=O) groups is 1. The summed E-state index contributed by atoms with van der Waals surface area (Å²) in [5.74, 6) is 3.32. The van der Waals surface area contributed by atoms with Crippen molar-refractivity contribution >= 4 is 33.3 Å². The Kier molecular flexibility index (Phi) is 5.89. The van der Waals surface area contributed by atoms with E-state index >= 15 is 0 Å². The molecule has 1 N–H and O–H groups in total. The molecule has 1 saturated carbocycles. The molecule has 3 aromatic rings. The van der Waals surface area contributed by atoms with Crippen molar-refractivity contribution in [3.05, 3.63) is 41.5 Å². The Bertz CT molecular complexity index is 1100. The second kappa shape index (κ2) is 8.81. The number of rotatable bonds is 6. The predicted molar refractivity (Wildman–Crippen MR) is 132 cm³/mol. The summed E-state index contributed by atoms with van der Waals surface area (Å²) >= 11 is 1.72. The number of piperidine rings is 1. The third kappa shape index (κ3) is 4.25. The fourth-order valence-corrected chi connectivity index (χ4v) is 5.33. The summed E-state index contributed by atoms with van der Waals surface area (Å²) in [5, 5.41) is 6.60. The molecule has 32 heavy (non-hydrogen) atoms. The van der Waals surface area contributed by atoms with Gasteiger partial charge in [0, 0.05) is 41.9 Å². The normalized spacial score (nSPS) is 18.3. The Morgan fingerprint density at radius 2 is 1.78 bits per heavy atom. The minimum atomic E-state index is 0.0868. The molecule has 6 heteroatoms. The second-order valence-electron chi connectivity index (χ2n) is 9.68. The third-order valence-electron chi connectivity index (χ3n) is 6.99. The lowest BCUT2D eigenvalue weighted by molar-refractivity contribution is -0.126. The Hall–Kier alpha value is -2.47. The standard InChI is InChI=1S/C26H32N4OS/c1-16(2)17(3)27-25(31)20-11-13-30(14-12-20)24-22-21(18-7-5-4-6-8-18)15-32-26(22)29-23(28-24)19-9-10-19/h4-8,15-17,19-20H,9-14H2,1-3H3,(H,27,31). The number of amides is 1. The van der Waals surface area contributed by atoms with Crippen molar-refractivity contribution in [1.29, 1.82) is 0 Å². The van der Waals surface area contributed by atoms with Gasteiger partial charge >= 0.3 is 0 Å². The molecule has 1 aliphatic heterocycles. The first-order chi connectivity index (χ1) is 15.5. The van der Waals surface area contributed by atoms with Gasteiger partial charge in [-0.15, -0.1) is 11.3 Å². The molecule has 1 saturated heterocycles. The van der Waals surface area contributed by atoms with Gasteiger partial charge in [-0.2, -0.15) is 0 Å². The van der Waals surface area contributed by atoms with E-state index in [-0.39, 0.29) is 17.9 Å². The van der Waals surface area contributed by atoms with Crippen molar-refractivity contribution in [3.8, 4) is 11.1 Å². The van der Waals surface area contributed by atoms with Crippen LogP contribution in [0, 0.1) is 11.8 Å². The van der Waals surface area contributed by atoms with E-state index in [4.69, 9.17) is 9.97 Å². The fraction of sp³-hybridized carbons (Fsp3) is 0.500. The van der Waals surface area contributed by atoms with Crippen molar-refractivity contribution in [2.45, 2.75) is 58.4 Å². The van der Waals surface area contributed by atoms with Gasteiger partial charge in [-0.25, -0.2) is 9.97 Å². The fourth-order valence-electron chi connectivity index (χ4n) is 4.39. The number of hydrogen-bond donors (Lipinski definition) is 1. The lowest BCUT2D eigenvalue weighted by atomic mass is 9.94.